The minimum atomic E-state index is 0.240. The molecule has 0 atom stereocenters. The number of ether oxygens (including phenoxy) is 1. The SMILES string of the molecule is CSc1ccccc1OCc1nnnn1-c1onc(C)c1C. The number of hydrogen-bond donors (Lipinski definition) is 0. The highest BCUT2D eigenvalue weighted by molar-refractivity contribution is 7.98. The van der Waals surface area contributed by atoms with Crippen molar-refractivity contribution in [2.75, 3.05) is 6.26 Å². The summed E-state index contributed by atoms with van der Waals surface area (Å²) < 4.78 is 12.6. The second-order valence-electron chi connectivity index (χ2n) is 4.64. The highest BCUT2D eigenvalue weighted by Gasteiger charge is 2.17. The third kappa shape index (κ3) is 2.69. The maximum atomic E-state index is 5.84. The van der Waals surface area contributed by atoms with E-state index in [2.05, 4.69) is 20.7 Å². The summed E-state index contributed by atoms with van der Waals surface area (Å²) in [5, 5.41) is 15.6. The molecule has 0 spiro atoms. The van der Waals surface area contributed by atoms with Gasteiger partial charge < -0.3 is 9.26 Å². The topological polar surface area (TPSA) is 78.9 Å². The molecule has 0 aliphatic heterocycles. The zero-order valence-corrected chi connectivity index (χ0v) is 13.3. The number of aromatic nitrogens is 5. The molecule has 1 aromatic carbocycles. The van der Waals surface area contributed by atoms with E-state index in [-0.39, 0.29) is 6.61 Å². The number of rotatable bonds is 5. The van der Waals surface area contributed by atoms with Crippen LogP contribution in [0, 0.1) is 13.8 Å². The van der Waals surface area contributed by atoms with E-state index >= 15 is 0 Å². The largest absolute Gasteiger partial charge is 0.484 e. The fourth-order valence-electron chi connectivity index (χ4n) is 1.93. The van der Waals surface area contributed by atoms with E-state index in [4.69, 9.17) is 9.26 Å². The van der Waals surface area contributed by atoms with Crippen LogP contribution in [0.2, 0.25) is 0 Å². The summed E-state index contributed by atoms with van der Waals surface area (Å²) in [7, 11) is 0. The highest BCUT2D eigenvalue weighted by atomic mass is 32.2. The van der Waals surface area contributed by atoms with Crippen LogP contribution in [0.15, 0.2) is 33.7 Å². The van der Waals surface area contributed by atoms with Crippen molar-refractivity contribution in [3.8, 4) is 11.6 Å². The average molecular weight is 317 g/mol. The Morgan fingerprint density at radius 3 is 2.82 bits per heavy atom. The molecule has 3 aromatic rings. The molecule has 0 amide bonds. The molecule has 0 radical (unpaired) electrons. The molecule has 0 saturated carbocycles. The van der Waals surface area contributed by atoms with Crippen LogP contribution in [0.3, 0.4) is 0 Å². The maximum Gasteiger partial charge on any atom is 0.258 e. The Labute approximate surface area is 131 Å². The average Bonchev–Trinajstić information content (AvgIpc) is 3.13. The summed E-state index contributed by atoms with van der Waals surface area (Å²) in [5.41, 5.74) is 1.71. The van der Waals surface area contributed by atoms with Crippen LogP contribution in [0.5, 0.6) is 5.75 Å². The van der Waals surface area contributed by atoms with Crippen molar-refractivity contribution >= 4 is 11.8 Å². The molecule has 0 N–H and O–H groups in total. The van der Waals surface area contributed by atoms with Gasteiger partial charge in [-0.3, -0.25) is 0 Å². The highest BCUT2D eigenvalue weighted by Crippen LogP contribution is 2.27. The van der Waals surface area contributed by atoms with Gasteiger partial charge in [-0.2, -0.15) is 4.68 Å². The summed E-state index contributed by atoms with van der Waals surface area (Å²) in [6.07, 6.45) is 2.01. The molecule has 0 aliphatic rings. The van der Waals surface area contributed by atoms with Gasteiger partial charge >= 0.3 is 0 Å². The van der Waals surface area contributed by atoms with Crippen molar-refractivity contribution in [2.45, 2.75) is 25.3 Å². The van der Waals surface area contributed by atoms with Gasteiger partial charge in [-0.05, 0) is 42.7 Å². The van der Waals surface area contributed by atoms with Crippen LogP contribution >= 0.6 is 11.8 Å². The number of benzene rings is 1. The third-order valence-corrected chi connectivity index (χ3v) is 4.06. The number of hydrogen-bond acceptors (Lipinski definition) is 7. The van der Waals surface area contributed by atoms with E-state index in [1.165, 1.54) is 4.68 Å². The van der Waals surface area contributed by atoms with Crippen molar-refractivity contribution in [2.24, 2.45) is 0 Å². The lowest BCUT2D eigenvalue weighted by Gasteiger charge is -2.09. The van der Waals surface area contributed by atoms with E-state index in [0.717, 1.165) is 21.9 Å². The lowest BCUT2D eigenvalue weighted by Crippen LogP contribution is -2.07. The summed E-state index contributed by atoms with van der Waals surface area (Å²) >= 11 is 1.63. The first kappa shape index (κ1) is 14.6. The first-order valence-electron chi connectivity index (χ1n) is 6.67. The van der Waals surface area contributed by atoms with Gasteiger partial charge in [-0.1, -0.05) is 17.3 Å². The predicted molar refractivity (Wildman–Crippen MR) is 81.2 cm³/mol. The predicted octanol–water partition coefficient (Wildman–Crippen LogP) is 2.57. The fraction of sp³-hybridized carbons (Fsp3) is 0.286. The zero-order chi connectivity index (χ0) is 15.5. The van der Waals surface area contributed by atoms with E-state index < -0.39 is 0 Å². The zero-order valence-electron chi connectivity index (χ0n) is 12.5. The number of para-hydroxylation sites is 1. The Bertz CT molecular complexity index is 783. The summed E-state index contributed by atoms with van der Waals surface area (Å²) in [5.74, 6) is 1.87. The molecular formula is C14H15N5O2S. The number of thioether (sulfide) groups is 1. The van der Waals surface area contributed by atoms with Gasteiger partial charge in [0.1, 0.15) is 5.75 Å². The van der Waals surface area contributed by atoms with E-state index in [1.807, 2.05) is 44.4 Å². The Morgan fingerprint density at radius 1 is 1.27 bits per heavy atom. The van der Waals surface area contributed by atoms with Crippen molar-refractivity contribution < 1.29 is 9.26 Å². The second-order valence-corrected chi connectivity index (χ2v) is 5.49. The minimum absolute atomic E-state index is 0.240. The quantitative estimate of drug-likeness (QED) is 0.669. The Hall–Kier alpha value is -2.35. The fourth-order valence-corrected chi connectivity index (χ4v) is 2.48. The summed E-state index contributed by atoms with van der Waals surface area (Å²) in [6.45, 7) is 4.03. The smallest absolute Gasteiger partial charge is 0.258 e. The normalized spacial score (nSPS) is 10.9. The molecule has 7 nitrogen and oxygen atoms in total. The van der Waals surface area contributed by atoms with Gasteiger partial charge in [0.2, 0.25) is 0 Å². The van der Waals surface area contributed by atoms with E-state index in [9.17, 15) is 0 Å². The minimum Gasteiger partial charge on any atom is -0.484 e. The molecule has 8 heteroatoms. The Morgan fingerprint density at radius 2 is 2.09 bits per heavy atom. The van der Waals surface area contributed by atoms with Crippen LogP contribution in [-0.4, -0.2) is 31.6 Å². The molecular weight excluding hydrogens is 302 g/mol. The Kier molecular flexibility index (Phi) is 4.10. The molecule has 114 valence electrons. The van der Waals surface area contributed by atoms with Crippen LogP contribution in [0.4, 0.5) is 0 Å². The van der Waals surface area contributed by atoms with E-state index in [0.29, 0.717) is 11.7 Å². The maximum absolute atomic E-state index is 5.84. The first-order valence-corrected chi connectivity index (χ1v) is 7.89. The van der Waals surface area contributed by atoms with Gasteiger partial charge in [0.15, 0.2) is 12.4 Å². The van der Waals surface area contributed by atoms with Crippen LogP contribution < -0.4 is 4.74 Å². The van der Waals surface area contributed by atoms with Gasteiger partial charge in [0.25, 0.3) is 5.88 Å². The number of aryl methyl sites for hydroxylation is 1. The number of tetrazole rings is 1. The van der Waals surface area contributed by atoms with Gasteiger partial charge in [0, 0.05) is 10.5 Å². The molecule has 2 heterocycles. The molecule has 22 heavy (non-hydrogen) atoms. The van der Waals surface area contributed by atoms with Gasteiger partial charge in [-0.25, -0.2) is 0 Å². The van der Waals surface area contributed by atoms with Gasteiger partial charge in [-0.15, -0.1) is 16.9 Å². The van der Waals surface area contributed by atoms with Crippen LogP contribution in [0.1, 0.15) is 17.1 Å². The third-order valence-electron chi connectivity index (χ3n) is 3.28. The van der Waals surface area contributed by atoms with Crippen molar-refractivity contribution in [1.82, 2.24) is 25.4 Å². The lowest BCUT2D eigenvalue weighted by molar-refractivity contribution is 0.281. The molecule has 0 aliphatic carbocycles. The molecule has 0 saturated heterocycles. The van der Waals surface area contributed by atoms with E-state index in [1.54, 1.807) is 11.8 Å². The lowest BCUT2D eigenvalue weighted by atomic mass is 10.3. The van der Waals surface area contributed by atoms with Crippen molar-refractivity contribution in [1.29, 1.82) is 0 Å². The molecule has 0 bridgehead atoms. The molecule has 0 unspecified atom stereocenters. The molecule has 0 fully saturated rings. The summed E-state index contributed by atoms with van der Waals surface area (Å²) in [6, 6.07) is 7.84. The van der Waals surface area contributed by atoms with Crippen LogP contribution in [-0.2, 0) is 6.61 Å². The van der Waals surface area contributed by atoms with Gasteiger partial charge in [0.05, 0.1) is 5.69 Å². The summed E-state index contributed by atoms with van der Waals surface area (Å²) in [4.78, 5) is 1.06. The molecule has 2 aromatic heterocycles. The standard InChI is InChI=1S/C14H15N5O2S/c1-9-10(2)16-21-14(9)19-13(15-17-18-19)8-20-11-6-4-5-7-12(11)22-3/h4-7H,8H2,1-3H3. The monoisotopic (exact) mass is 317 g/mol. The number of nitrogens with zero attached hydrogens (tertiary/aromatic N) is 5. The Balaban J connectivity index is 1.83. The van der Waals surface area contributed by atoms with Crippen molar-refractivity contribution in [3.63, 3.8) is 0 Å². The second kappa shape index (κ2) is 6.18. The van der Waals surface area contributed by atoms with Crippen molar-refractivity contribution in [3.05, 3.63) is 41.3 Å². The van der Waals surface area contributed by atoms with Crippen LogP contribution in [0.25, 0.3) is 5.88 Å². The first-order chi connectivity index (χ1) is 10.7. The molecule has 3 rings (SSSR count).